The molecule has 0 aliphatic carbocycles. The minimum atomic E-state index is -2.42. The number of esters is 2. The average molecular weight is 440 g/mol. The van der Waals surface area contributed by atoms with E-state index in [1.165, 1.54) is 0 Å². The molecule has 13 heteroatoms. The predicted molar refractivity (Wildman–Crippen MR) is 95.1 cm³/mol. The summed E-state index contributed by atoms with van der Waals surface area (Å²) >= 11 is 0. The molecule has 0 aromatic heterocycles. The molecule has 2 aromatic carbocycles. The number of cyclic esters (lactones) is 2. The van der Waals surface area contributed by atoms with Crippen molar-refractivity contribution in [3.8, 4) is 0 Å². The Labute approximate surface area is 174 Å². The third-order valence-electron chi connectivity index (χ3n) is 4.84. The Balaban J connectivity index is 2.11. The van der Waals surface area contributed by atoms with Crippen molar-refractivity contribution in [1.29, 1.82) is 0 Å². The number of carbonyl (C=O) groups excluding carboxylic acids is 2. The summed E-state index contributed by atoms with van der Waals surface area (Å²) in [6.45, 7) is 0. The number of hydrogen-bond acceptors (Lipinski definition) is 9. The summed E-state index contributed by atoms with van der Waals surface area (Å²) in [6.07, 6.45) is 0. The molecule has 0 fully saturated rings. The van der Waals surface area contributed by atoms with Gasteiger partial charge in [-0.15, -0.1) is 0 Å². The lowest BCUT2D eigenvalue weighted by molar-refractivity contribution is -0.144. The van der Waals surface area contributed by atoms with E-state index in [-0.39, 0.29) is 10.9 Å². The largest absolute Gasteiger partial charge is 0.478 e. The Morgan fingerprint density at radius 2 is 1.41 bits per heavy atom. The maximum atomic E-state index is 12.8. The van der Waals surface area contributed by atoms with E-state index < -0.39 is 74.7 Å². The summed E-state index contributed by atoms with van der Waals surface area (Å²) in [5.41, 5.74) is -6.60. The Bertz CT molecular complexity index is 1460. The normalized spacial score (nSPS) is 18.1. The van der Waals surface area contributed by atoms with Gasteiger partial charge >= 0.3 is 35.8 Å². The fourth-order valence-electron chi connectivity index (χ4n) is 3.48. The summed E-state index contributed by atoms with van der Waals surface area (Å²) in [6, 6.07) is 3.53. The van der Waals surface area contributed by atoms with Gasteiger partial charge in [-0.3, -0.25) is 0 Å². The number of carboxylic acids is 4. The van der Waals surface area contributed by atoms with Crippen LogP contribution in [0.1, 0.15) is 57.4 Å². The molecule has 4 rings (SSSR count). The van der Waals surface area contributed by atoms with E-state index in [1.807, 2.05) is 0 Å². The van der Waals surface area contributed by atoms with Gasteiger partial charge in [0.05, 0.1) is 27.6 Å². The smallest absolute Gasteiger partial charge is 0.369 e. The lowest BCUT2D eigenvalue weighted by Gasteiger charge is -2.21. The number of aromatic carboxylic acids is 4. The van der Waals surface area contributed by atoms with E-state index in [1.54, 1.807) is 0 Å². The number of fused-ring (bicyclic) bond motifs is 1. The Morgan fingerprint density at radius 3 is 1.97 bits per heavy atom. The molecule has 2 aromatic rings. The van der Waals surface area contributed by atoms with Crippen LogP contribution in [0, 0.1) is 0 Å². The van der Waals surface area contributed by atoms with Gasteiger partial charge in [0.2, 0.25) is 0 Å². The van der Waals surface area contributed by atoms with Crippen molar-refractivity contribution in [2.24, 2.45) is 9.98 Å². The van der Waals surface area contributed by atoms with Crippen LogP contribution in [0.3, 0.4) is 0 Å². The summed E-state index contributed by atoms with van der Waals surface area (Å²) < 4.78 is 4.67. The van der Waals surface area contributed by atoms with Crippen LogP contribution in [0.15, 0.2) is 34.3 Å². The van der Waals surface area contributed by atoms with Crippen LogP contribution in [0.5, 0.6) is 0 Å². The molecule has 32 heavy (non-hydrogen) atoms. The number of carbonyl (C=O) groups is 6. The standard InChI is InChI=1S/C19H8N2O11/c22-13(23)6-2-1-5(3-7(6)14(24)25)19-18(31)32-17(30)11-10(16(28)29)8(15(26)27)4-9(20-19)12(11)21-19/h1-4H,(H,22,23)(H,24,25)(H,26,27)(H,28,29). The van der Waals surface area contributed by atoms with Crippen LogP contribution in [0.4, 0.5) is 0 Å². The molecular formula is C19H8N2O11. The van der Waals surface area contributed by atoms with Gasteiger partial charge in [0.25, 0.3) is 5.66 Å². The molecule has 4 N–H and O–H groups in total. The zero-order chi connectivity index (χ0) is 23.5. The third kappa shape index (κ3) is 2.64. The minimum Gasteiger partial charge on any atom is -0.478 e. The van der Waals surface area contributed by atoms with Crippen molar-refractivity contribution in [2.45, 2.75) is 5.66 Å². The number of carboxylic acid groups (broad SMARTS) is 4. The van der Waals surface area contributed by atoms with Crippen LogP contribution >= 0.6 is 0 Å². The zero-order valence-electron chi connectivity index (χ0n) is 15.4. The highest BCUT2D eigenvalue weighted by atomic mass is 16.6. The Hall–Kier alpha value is -4.94. The van der Waals surface area contributed by atoms with Gasteiger partial charge in [-0.1, -0.05) is 6.07 Å². The zero-order valence-corrected chi connectivity index (χ0v) is 15.4. The van der Waals surface area contributed by atoms with Crippen molar-refractivity contribution in [2.75, 3.05) is 0 Å². The molecule has 0 radical (unpaired) electrons. The number of benzene rings is 2. The molecule has 1 atom stereocenters. The van der Waals surface area contributed by atoms with Crippen LogP contribution in [-0.2, 0) is 15.2 Å². The number of ether oxygens (including phenoxy) is 1. The Morgan fingerprint density at radius 1 is 0.781 bits per heavy atom. The minimum absolute atomic E-state index is 0.296. The first kappa shape index (κ1) is 20.3. The molecule has 0 spiro atoms. The molecule has 0 saturated heterocycles. The Kier molecular flexibility index (Phi) is 4.15. The molecule has 1 unspecified atom stereocenters. The van der Waals surface area contributed by atoms with E-state index >= 15 is 0 Å². The summed E-state index contributed by atoms with van der Waals surface area (Å²) in [4.78, 5) is 79.4. The van der Waals surface area contributed by atoms with Gasteiger partial charge in [0.1, 0.15) is 10.9 Å². The topological polar surface area (TPSA) is 217 Å². The van der Waals surface area contributed by atoms with E-state index in [2.05, 4.69) is 14.7 Å². The predicted octanol–water partition coefficient (Wildman–Crippen LogP) is -0.718. The quantitative estimate of drug-likeness (QED) is 0.336. The van der Waals surface area contributed by atoms with Gasteiger partial charge in [-0.2, -0.15) is 0 Å². The lowest BCUT2D eigenvalue weighted by Crippen LogP contribution is -2.38. The van der Waals surface area contributed by atoms with Crippen LogP contribution < -0.4 is 10.7 Å². The van der Waals surface area contributed by atoms with E-state index in [4.69, 9.17) is 0 Å². The second-order valence-electron chi connectivity index (χ2n) is 6.60. The fraction of sp³-hybridized carbons (Fsp3) is 0.0526. The van der Waals surface area contributed by atoms with Gasteiger partial charge < -0.3 is 25.2 Å². The van der Waals surface area contributed by atoms with E-state index in [0.717, 1.165) is 24.3 Å². The van der Waals surface area contributed by atoms with Gasteiger partial charge in [0, 0.05) is 5.56 Å². The fourth-order valence-corrected chi connectivity index (χ4v) is 3.48. The van der Waals surface area contributed by atoms with Crippen LogP contribution in [0.2, 0.25) is 0 Å². The molecule has 13 nitrogen and oxygen atoms in total. The summed E-state index contributed by atoms with van der Waals surface area (Å²) in [5.74, 6) is -9.59. The maximum absolute atomic E-state index is 12.8. The molecular weight excluding hydrogens is 432 g/mol. The van der Waals surface area contributed by atoms with Gasteiger partial charge in [0.15, 0.2) is 0 Å². The number of hydrogen-bond donors (Lipinski definition) is 4. The van der Waals surface area contributed by atoms with Crippen molar-refractivity contribution in [3.05, 3.63) is 68.4 Å². The molecule has 0 amide bonds. The molecule has 2 heterocycles. The lowest BCUT2D eigenvalue weighted by atomic mass is 9.95. The van der Waals surface area contributed by atoms with Crippen molar-refractivity contribution >= 4 is 35.8 Å². The molecule has 2 aliphatic heterocycles. The van der Waals surface area contributed by atoms with Crippen LogP contribution in [-0.4, -0.2) is 56.2 Å². The molecule has 160 valence electrons. The second kappa shape index (κ2) is 6.53. The highest BCUT2D eigenvalue weighted by Gasteiger charge is 2.49. The second-order valence-corrected chi connectivity index (χ2v) is 6.60. The molecule has 0 saturated carbocycles. The van der Waals surface area contributed by atoms with Gasteiger partial charge in [-0.25, -0.2) is 38.8 Å². The highest BCUT2D eigenvalue weighted by molar-refractivity contribution is 6.12. The summed E-state index contributed by atoms with van der Waals surface area (Å²) in [5, 5.41) is 36.6. The van der Waals surface area contributed by atoms with Crippen molar-refractivity contribution in [1.82, 2.24) is 0 Å². The SMILES string of the molecule is O=C(O)c1ccc(C23N=c4cc(C(=O)O)c(C(=O)O)c(c4=N2)C(=O)OC3=O)cc1C(=O)O. The summed E-state index contributed by atoms with van der Waals surface area (Å²) in [7, 11) is 0. The third-order valence-corrected chi connectivity index (χ3v) is 4.84. The van der Waals surface area contributed by atoms with Crippen molar-refractivity contribution in [3.63, 3.8) is 0 Å². The van der Waals surface area contributed by atoms with Crippen molar-refractivity contribution < 1.29 is 53.9 Å². The number of rotatable bonds is 5. The first-order chi connectivity index (χ1) is 15.0. The maximum Gasteiger partial charge on any atom is 0.369 e. The molecule has 2 bridgehead atoms. The van der Waals surface area contributed by atoms with Gasteiger partial charge in [-0.05, 0) is 18.2 Å². The highest BCUT2D eigenvalue weighted by Crippen LogP contribution is 2.34. The number of nitrogens with zero attached hydrogens (tertiary/aromatic N) is 2. The first-order valence-corrected chi connectivity index (χ1v) is 8.49. The van der Waals surface area contributed by atoms with E-state index in [0.29, 0.717) is 0 Å². The van der Waals surface area contributed by atoms with E-state index in [9.17, 15) is 49.2 Å². The average Bonchev–Trinajstić information content (AvgIpc) is 3.07. The van der Waals surface area contributed by atoms with Crippen LogP contribution in [0.25, 0.3) is 0 Å². The monoisotopic (exact) mass is 440 g/mol. The molecule has 2 aliphatic rings. The first-order valence-electron chi connectivity index (χ1n) is 8.49.